The first kappa shape index (κ1) is 32.9. The Morgan fingerprint density at radius 3 is 1.82 bits per heavy atom. The molecule has 1 saturated carbocycles. The third-order valence-electron chi connectivity index (χ3n) is 7.76. The molecule has 3 aromatic carbocycles. The average molecular weight is 624 g/mol. The number of amides is 1. The summed E-state index contributed by atoms with van der Waals surface area (Å²) in [7, 11) is 7.70. The lowest BCUT2D eigenvalue weighted by atomic mass is 9.52. The van der Waals surface area contributed by atoms with Crippen LogP contribution in [0, 0.1) is 11.8 Å². The van der Waals surface area contributed by atoms with Crippen LogP contribution in [-0.2, 0) is 14.3 Å². The van der Waals surface area contributed by atoms with Crippen molar-refractivity contribution in [3.8, 4) is 28.7 Å². The van der Waals surface area contributed by atoms with Crippen molar-refractivity contribution in [2.45, 2.75) is 43.1 Å². The van der Waals surface area contributed by atoms with Gasteiger partial charge in [0, 0.05) is 16.7 Å². The Bertz CT molecular complexity index is 1480. The number of benzene rings is 3. The normalized spacial score (nSPS) is 19.3. The molecular weight excluding hydrogens is 582 g/mol. The SMILES string of the molecule is COc1ccc([C@@H]2[C@@H](C(=O)Nc3ccccc3SC)[C@@H](c3cc(OC)c(OC)c(OC)c3)[C@@H]2C(=O)OC(C)(C)C)cc1OC. The molecule has 4 rings (SSSR count). The van der Waals surface area contributed by atoms with Gasteiger partial charge in [-0.3, -0.25) is 9.59 Å². The van der Waals surface area contributed by atoms with Gasteiger partial charge in [0.15, 0.2) is 23.0 Å². The number of hydrogen-bond donors (Lipinski definition) is 1. The van der Waals surface area contributed by atoms with Crippen molar-refractivity contribution in [2.75, 3.05) is 47.1 Å². The van der Waals surface area contributed by atoms with Crippen LogP contribution in [0.4, 0.5) is 5.69 Å². The Kier molecular flexibility index (Phi) is 10.2. The second-order valence-electron chi connectivity index (χ2n) is 11.4. The quantitative estimate of drug-likeness (QED) is 0.188. The Balaban J connectivity index is 1.92. The molecule has 1 fully saturated rings. The summed E-state index contributed by atoms with van der Waals surface area (Å²) in [5, 5.41) is 3.15. The highest BCUT2D eigenvalue weighted by Crippen LogP contribution is 2.60. The van der Waals surface area contributed by atoms with E-state index >= 15 is 0 Å². The van der Waals surface area contributed by atoms with Gasteiger partial charge in [-0.15, -0.1) is 11.8 Å². The predicted molar refractivity (Wildman–Crippen MR) is 171 cm³/mol. The van der Waals surface area contributed by atoms with E-state index in [1.807, 2.05) is 63.4 Å². The number of rotatable bonds is 11. The molecule has 10 heteroatoms. The summed E-state index contributed by atoms with van der Waals surface area (Å²) in [6, 6.07) is 16.7. The summed E-state index contributed by atoms with van der Waals surface area (Å²) in [6.45, 7) is 5.48. The van der Waals surface area contributed by atoms with Gasteiger partial charge < -0.3 is 33.7 Å². The van der Waals surface area contributed by atoms with Crippen LogP contribution in [0.5, 0.6) is 28.7 Å². The summed E-state index contributed by atoms with van der Waals surface area (Å²) in [5.41, 5.74) is 1.38. The molecule has 0 saturated heterocycles. The van der Waals surface area contributed by atoms with Gasteiger partial charge in [-0.2, -0.15) is 0 Å². The van der Waals surface area contributed by atoms with Crippen molar-refractivity contribution in [1.82, 2.24) is 0 Å². The number of anilines is 1. The number of carbonyl (C=O) groups is 2. The first-order chi connectivity index (χ1) is 21.0. The van der Waals surface area contributed by atoms with Gasteiger partial charge in [0.05, 0.1) is 53.1 Å². The second-order valence-corrected chi connectivity index (χ2v) is 12.2. The number of methoxy groups -OCH3 is 5. The molecule has 1 amide bonds. The highest BCUT2D eigenvalue weighted by atomic mass is 32.2. The highest BCUT2D eigenvalue weighted by molar-refractivity contribution is 7.98. The molecule has 0 radical (unpaired) electrons. The predicted octanol–water partition coefficient (Wildman–Crippen LogP) is 6.55. The van der Waals surface area contributed by atoms with Crippen molar-refractivity contribution >= 4 is 29.3 Å². The smallest absolute Gasteiger partial charge is 0.310 e. The molecule has 9 nitrogen and oxygen atoms in total. The van der Waals surface area contributed by atoms with Crippen molar-refractivity contribution in [3.05, 3.63) is 65.7 Å². The molecule has 0 aromatic heterocycles. The van der Waals surface area contributed by atoms with Gasteiger partial charge >= 0.3 is 5.97 Å². The van der Waals surface area contributed by atoms with E-state index in [0.29, 0.717) is 40.0 Å². The lowest BCUT2D eigenvalue weighted by molar-refractivity contribution is -0.169. The Morgan fingerprint density at radius 1 is 0.705 bits per heavy atom. The first-order valence-electron chi connectivity index (χ1n) is 14.2. The van der Waals surface area contributed by atoms with Gasteiger partial charge in [0.25, 0.3) is 0 Å². The number of hydrogen-bond acceptors (Lipinski definition) is 9. The van der Waals surface area contributed by atoms with Crippen LogP contribution < -0.4 is 29.0 Å². The minimum atomic E-state index is -0.746. The number of carbonyl (C=O) groups excluding carboxylic acids is 2. The van der Waals surface area contributed by atoms with Crippen LogP contribution in [0.2, 0.25) is 0 Å². The number of nitrogens with one attached hydrogen (secondary N) is 1. The fraction of sp³-hybridized carbons (Fsp3) is 0.412. The molecule has 0 heterocycles. The van der Waals surface area contributed by atoms with E-state index in [2.05, 4.69) is 5.32 Å². The molecule has 0 spiro atoms. The molecule has 1 aliphatic rings. The summed E-state index contributed by atoms with van der Waals surface area (Å²) in [6.07, 6.45) is 1.96. The van der Waals surface area contributed by atoms with Crippen LogP contribution >= 0.6 is 11.8 Å². The van der Waals surface area contributed by atoms with E-state index < -0.39 is 35.2 Å². The van der Waals surface area contributed by atoms with Crippen LogP contribution in [0.25, 0.3) is 0 Å². The van der Waals surface area contributed by atoms with Gasteiger partial charge in [-0.05, 0) is 74.6 Å². The van der Waals surface area contributed by atoms with Crippen molar-refractivity contribution in [1.29, 1.82) is 0 Å². The molecular formula is C34H41NO8S. The number of esters is 1. The first-order valence-corrected chi connectivity index (χ1v) is 15.4. The number of ether oxygens (including phenoxy) is 6. The van der Waals surface area contributed by atoms with Crippen LogP contribution in [-0.4, -0.2) is 59.3 Å². The van der Waals surface area contributed by atoms with Crippen molar-refractivity contribution in [2.24, 2.45) is 11.8 Å². The van der Waals surface area contributed by atoms with Gasteiger partial charge in [-0.25, -0.2) is 0 Å². The van der Waals surface area contributed by atoms with Crippen LogP contribution in [0.3, 0.4) is 0 Å². The second kappa shape index (κ2) is 13.7. The maximum absolute atomic E-state index is 14.4. The van der Waals surface area contributed by atoms with Gasteiger partial charge in [-0.1, -0.05) is 18.2 Å². The Hall–Kier alpha value is -4.05. The van der Waals surface area contributed by atoms with Crippen molar-refractivity contribution in [3.63, 3.8) is 0 Å². The fourth-order valence-electron chi connectivity index (χ4n) is 5.88. The molecule has 4 atom stereocenters. The summed E-state index contributed by atoms with van der Waals surface area (Å²) in [5.74, 6) is -0.875. The molecule has 236 valence electrons. The van der Waals surface area contributed by atoms with E-state index in [9.17, 15) is 9.59 Å². The standard InChI is InChI=1S/C34H41NO8S/c1-34(2,3)43-33(37)30-27(19-14-15-22(38-4)23(16-19)39-5)29(32(36)35-21-12-10-11-13-26(21)44-9)28(30)20-17-24(40-6)31(42-8)25(18-20)41-7/h10-18,27-30H,1-9H3,(H,35,36)/t27-,28-,29-,30-/m1/s1. The molecule has 3 aromatic rings. The van der Waals surface area contributed by atoms with Gasteiger partial charge in [0.1, 0.15) is 5.60 Å². The minimum absolute atomic E-state index is 0.232. The number of para-hydroxylation sites is 1. The average Bonchev–Trinajstić information content (AvgIpc) is 2.99. The largest absolute Gasteiger partial charge is 0.493 e. The fourth-order valence-corrected chi connectivity index (χ4v) is 6.44. The molecule has 0 unspecified atom stereocenters. The summed E-state index contributed by atoms with van der Waals surface area (Å²) < 4.78 is 33.9. The minimum Gasteiger partial charge on any atom is -0.493 e. The zero-order chi connectivity index (χ0) is 32.2. The lowest BCUT2D eigenvalue weighted by Gasteiger charge is -2.50. The maximum Gasteiger partial charge on any atom is 0.310 e. The monoisotopic (exact) mass is 623 g/mol. The van der Waals surface area contributed by atoms with E-state index in [1.165, 1.54) is 33.1 Å². The molecule has 1 aliphatic carbocycles. The van der Waals surface area contributed by atoms with Gasteiger partial charge in [0.2, 0.25) is 11.7 Å². The van der Waals surface area contributed by atoms with E-state index in [1.54, 1.807) is 32.4 Å². The van der Waals surface area contributed by atoms with E-state index in [4.69, 9.17) is 28.4 Å². The Labute approximate surface area is 263 Å². The topological polar surface area (TPSA) is 102 Å². The Morgan fingerprint density at radius 2 is 1.27 bits per heavy atom. The molecule has 0 aliphatic heterocycles. The molecule has 1 N–H and O–H groups in total. The molecule has 0 bridgehead atoms. The third kappa shape index (κ3) is 6.55. The maximum atomic E-state index is 14.4. The van der Waals surface area contributed by atoms with Crippen molar-refractivity contribution < 1.29 is 38.0 Å². The molecule has 44 heavy (non-hydrogen) atoms. The van der Waals surface area contributed by atoms with Crippen LogP contribution in [0.1, 0.15) is 43.7 Å². The summed E-state index contributed by atoms with van der Waals surface area (Å²) >= 11 is 1.54. The third-order valence-corrected chi connectivity index (χ3v) is 8.55. The highest BCUT2D eigenvalue weighted by Gasteiger charge is 2.59. The zero-order valence-electron chi connectivity index (χ0n) is 26.7. The number of thioether (sulfide) groups is 1. The van der Waals surface area contributed by atoms with E-state index in [-0.39, 0.29) is 5.91 Å². The van der Waals surface area contributed by atoms with Crippen LogP contribution in [0.15, 0.2) is 59.5 Å². The lowest BCUT2D eigenvalue weighted by Crippen LogP contribution is -2.53. The zero-order valence-corrected chi connectivity index (χ0v) is 27.5. The summed E-state index contributed by atoms with van der Waals surface area (Å²) in [4.78, 5) is 29.3. The van der Waals surface area contributed by atoms with E-state index in [0.717, 1.165) is 10.5 Å².